The Balaban J connectivity index is 1.83. The SMILES string of the molecule is C/C(=C\C(C)C)NC(=NCc1cccc(Oc2ccccc2)c1)c1ccccc1N. The zero-order chi connectivity index (χ0) is 21.3. The molecule has 4 heteroatoms. The van der Waals surface area contributed by atoms with Crippen molar-refractivity contribution in [3.8, 4) is 11.5 Å². The first-order valence-electron chi connectivity index (χ1n) is 10.2. The highest BCUT2D eigenvalue weighted by atomic mass is 16.5. The number of hydrogen-bond donors (Lipinski definition) is 2. The van der Waals surface area contributed by atoms with Crippen molar-refractivity contribution in [3.63, 3.8) is 0 Å². The van der Waals surface area contributed by atoms with Crippen molar-refractivity contribution in [2.45, 2.75) is 27.3 Å². The third-order valence-corrected chi connectivity index (χ3v) is 4.41. The number of benzene rings is 3. The van der Waals surface area contributed by atoms with E-state index in [2.05, 4.69) is 25.2 Å². The van der Waals surface area contributed by atoms with Crippen molar-refractivity contribution in [1.82, 2.24) is 5.32 Å². The molecule has 0 atom stereocenters. The van der Waals surface area contributed by atoms with Crippen molar-refractivity contribution >= 4 is 11.5 Å². The third-order valence-electron chi connectivity index (χ3n) is 4.41. The number of nitrogen functional groups attached to an aromatic ring is 1. The van der Waals surface area contributed by atoms with Crippen LogP contribution in [0.15, 0.2) is 95.6 Å². The maximum absolute atomic E-state index is 6.22. The minimum Gasteiger partial charge on any atom is -0.457 e. The van der Waals surface area contributed by atoms with Gasteiger partial charge in [-0.1, -0.05) is 62.4 Å². The Morgan fingerprint density at radius 3 is 2.40 bits per heavy atom. The number of nitrogens with two attached hydrogens (primary N) is 1. The first-order chi connectivity index (χ1) is 14.5. The lowest BCUT2D eigenvalue weighted by Gasteiger charge is -2.14. The molecule has 3 aromatic rings. The molecule has 3 rings (SSSR count). The van der Waals surface area contributed by atoms with Crippen LogP contribution in [0.1, 0.15) is 31.9 Å². The first-order valence-corrected chi connectivity index (χ1v) is 10.2. The zero-order valence-electron chi connectivity index (χ0n) is 17.8. The lowest BCUT2D eigenvalue weighted by molar-refractivity contribution is 0.482. The molecule has 0 heterocycles. The fourth-order valence-electron chi connectivity index (χ4n) is 3.14. The normalized spacial score (nSPS) is 12.1. The summed E-state index contributed by atoms with van der Waals surface area (Å²) < 4.78 is 5.94. The van der Waals surface area contributed by atoms with Crippen molar-refractivity contribution < 1.29 is 4.74 Å². The van der Waals surface area contributed by atoms with E-state index >= 15 is 0 Å². The van der Waals surface area contributed by atoms with Crippen molar-refractivity contribution in [2.24, 2.45) is 10.9 Å². The molecule has 30 heavy (non-hydrogen) atoms. The predicted octanol–water partition coefficient (Wildman–Crippen LogP) is 6.16. The van der Waals surface area contributed by atoms with Gasteiger partial charge >= 0.3 is 0 Å². The minimum atomic E-state index is 0.443. The molecule has 3 aromatic carbocycles. The zero-order valence-corrected chi connectivity index (χ0v) is 17.8. The second-order valence-electron chi connectivity index (χ2n) is 7.53. The number of para-hydroxylation sites is 2. The van der Waals surface area contributed by atoms with Crippen LogP contribution >= 0.6 is 0 Å². The maximum Gasteiger partial charge on any atom is 0.134 e. The van der Waals surface area contributed by atoms with E-state index in [1.54, 1.807) is 0 Å². The smallest absolute Gasteiger partial charge is 0.134 e. The lowest BCUT2D eigenvalue weighted by atomic mass is 10.1. The average molecular weight is 400 g/mol. The largest absolute Gasteiger partial charge is 0.457 e. The molecule has 0 radical (unpaired) electrons. The maximum atomic E-state index is 6.22. The summed E-state index contributed by atoms with van der Waals surface area (Å²) in [6.07, 6.45) is 2.17. The average Bonchev–Trinajstić information content (AvgIpc) is 2.72. The monoisotopic (exact) mass is 399 g/mol. The molecule has 4 nitrogen and oxygen atoms in total. The molecule has 0 amide bonds. The van der Waals surface area contributed by atoms with Gasteiger partial charge in [0.15, 0.2) is 0 Å². The number of ether oxygens (including phenoxy) is 1. The Morgan fingerprint density at radius 2 is 1.67 bits per heavy atom. The Hall–Kier alpha value is -3.53. The van der Waals surface area contributed by atoms with E-state index in [1.165, 1.54) is 0 Å². The van der Waals surface area contributed by atoms with E-state index in [4.69, 9.17) is 15.5 Å². The molecule has 0 aliphatic rings. The van der Waals surface area contributed by atoms with Gasteiger partial charge in [-0.05, 0) is 54.8 Å². The van der Waals surface area contributed by atoms with E-state index < -0.39 is 0 Å². The Bertz CT molecular complexity index is 1020. The van der Waals surface area contributed by atoms with Gasteiger partial charge in [-0.15, -0.1) is 0 Å². The van der Waals surface area contributed by atoms with E-state index in [1.807, 2.05) is 85.8 Å². The summed E-state index contributed by atoms with van der Waals surface area (Å²) in [5, 5.41) is 3.43. The van der Waals surface area contributed by atoms with Crippen LogP contribution in [0.25, 0.3) is 0 Å². The number of nitrogens with one attached hydrogen (secondary N) is 1. The fraction of sp³-hybridized carbons (Fsp3) is 0.192. The second-order valence-corrected chi connectivity index (χ2v) is 7.53. The number of aliphatic imine (C=N–C) groups is 1. The van der Waals surface area contributed by atoms with Gasteiger partial charge < -0.3 is 15.8 Å². The van der Waals surface area contributed by atoms with E-state index in [0.717, 1.165) is 34.2 Å². The lowest BCUT2D eigenvalue weighted by Crippen LogP contribution is -2.24. The molecule has 0 spiro atoms. The van der Waals surface area contributed by atoms with Gasteiger partial charge in [-0.25, -0.2) is 0 Å². The Kier molecular flexibility index (Phi) is 7.28. The van der Waals surface area contributed by atoms with Gasteiger partial charge in [0, 0.05) is 16.9 Å². The highest BCUT2D eigenvalue weighted by Gasteiger charge is 2.08. The molecule has 0 saturated carbocycles. The van der Waals surface area contributed by atoms with Crippen molar-refractivity contribution in [2.75, 3.05) is 5.73 Å². The number of amidine groups is 1. The molecule has 3 N–H and O–H groups in total. The number of nitrogens with zero attached hydrogens (tertiary/aromatic N) is 1. The van der Waals surface area contributed by atoms with Gasteiger partial charge in [0.2, 0.25) is 0 Å². The van der Waals surface area contributed by atoms with Gasteiger partial charge in [-0.2, -0.15) is 0 Å². The molecule has 154 valence electrons. The molecular formula is C26H29N3O. The van der Waals surface area contributed by atoms with Crippen LogP contribution in [0.3, 0.4) is 0 Å². The number of rotatable bonds is 7. The molecule has 0 aromatic heterocycles. The van der Waals surface area contributed by atoms with Crippen molar-refractivity contribution in [1.29, 1.82) is 0 Å². The standard InChI is InChI=1S/C26H29N3O/c1-19(2)16-20(3)29-26(24-14-7-8-15-25(24)27)28-18-21-10-9-13-23(17-21)30-22-11-5-4-6-12-22/h4-17,19H,18,27H2,1-3H3,(H,28,29)/b20-16+. The number of anilines is 1. The molecule has 0 bridgehead atoms. The second kappa shape index (κ2) is 10.3. The predicted molar refractivity (Wildman–Crippen MR) is 126 cm³/mol. The van der Waals surface area contributed by atoms with Crippen LogP contribution in [0.5, 0.6) is 11.5 Å². The van der Waals surface area contributed by atoms with E-state index in [9.17, 15) is 0 Å². The number of allylic oxidation sites excluding steroid dienone is 2. The third kappa shape index (κ3) is 6.24. The summed E-state index contributed by atoms with van der Waals surface area (Å²) in [6, 6.07) is 25.5. The van der Waals surface area contributed by atoms with Gasteiger partial charge in [0.25, 0.3) is 0 Å². The minimum absolute atomic E-state index is 0.443. The fourth-order valence-corrected chi connectivity index (χ4v) is 3.14. The summed E-state index contributed by atoms with van der Waals surface area (Å²) in [4.78, 5) is 4.85. The summed E-state index contributed by atoms with van der Waals surface area (Å²) in [7, 11) is 0. The molecule has 0 fully saturated rings. The highest BCUT2D eigenvalue weighted by Crippen LogP contribution is 2.22. The van der Waals surface area contributed by atoms with Crippen molar-refractivity contribution in [3.05, 3.63) is 102 Å². The molecule has 0 saturated heterocycles. The molecule has 0 aliphatic heterocycles. The summed E-state index contributed by atoms with van der Waals surface area (Å²) >= 11 is 0. The van der Waals surface area contributed by atoms with Crippen LogP contribution in [-0.2, 0) is 6.54 Å². The summed E-state index contributed by atoms with van der Waals surface area (Å²) in [5.41, 5.74) is 9.92. The van der Waals surface area contributed by atoms with Crippen LogP contribution in [0, 0.1) is 5.92 Å². The Morgan fingerprint density at radius 1 is 0.967 bits per heavy atom. The highest BCUT2D eigenvalue weighted by molar-refractivity contribution is 6.03. The molecule has 0 unspecified atom stereocenters. The van der Waals surface area contributed by atoms with Crippen LogP contribution in [0.4, 0.5) is 5.69 Å². The van der Waals surface area contributed by atoms with E-state index in [-0.39, 0.29) is 0 Å². The Labute approximate surface area is 179 Å². The first kappa shape index (κ1) is 21.2. The quantitative estimate of drug-likeness (QED) is 0.284. The number of hydrogen-bond acceptors (Lipinski definition) is 3. The summed E-state index contributed by atoms with van der Waals surface area (Å²) in [5.74, 6) is 2.81. The topological polar surface area (TPSA) is 59.6 Å². The van der Waals surface area contributed by atoms with Crippen LogP contribution < -0.4 is 15.8 Å². The molecular weight excluding hydrogens is 370 g/mol. The van der Waals surface area contributed by atoms with E-state index in [0.29, 0.717) is 18.2 Å². The summed E-state index contributed by atoms with van der Waals surface area (Å²) in [6.45, 7) is 6.86. The molecule has 0 aliphatic carbocycles. The van der Waals surface area contributed by atoms with Gasteiger partial charge in [0.05, 0.1) is 6.54 Å². The van der Waals surface area contributed by atoms with Crippen LogP contribution in [-0.4, -0.2) is 5.84 Å². The van der Waals surface area contributed by atoms with Gasteiger partial charge in [0.1, 0.15) is 17.3 Å². The van der Waals surface area contributed by atoms with Crippen LogP contribution in [0.2, 0.25) is 0 Å². The van der Waals surface area contributed by atoms with Gasteiger partial charge in [-0.3, -0.25) is 4.99 Å².